The number of nitrogens with zero attached hydrogens (tertiary/aromatic N) is 2. The van der Waals surface area contributed by atoms with Gasteiger partial charge in [-0.05, 0) is 6.07 Å². The first-order valence-electron chi connectivity index (χ1n) is 6.12. The third-order valence-corrected chi connectivity index (χ3v) is 2.99. The number of aromatic nitrogens is 4. The van der Waals surface area contributed by atoms with Gasteiger partial charge in [0.1, 0.15) is 18.0 Å². The average molecular weight is 287 g/mol. The molecule has 0 amide bonds. The van der Waals surface area contributed by atoms with Crippen LogP contribution in [0, 0.1) is 0 Å². The van der Waals surface area contributed by atoms with Crippen molar-refractivity contribution in [1.29, 1.82) is 0 Å². The van der Waals surface area contributed by atoms with Gasteiger partial charge in [0.25, 0.3) is 5.56 Å². The first kappa shape index (κ1) is 13.0. The molecule has 0 saturated carbocycles. The molecule has 1 aromatic carbocycles. The van der Waals surface area contributed by atoms with Gasteiger partial charge in [-0.2, -0.15) is 0 Å². The van der Waals surface area contributed by atoms with Crippen LogP contribution < -0.4 is 20.3 Å². The van der Waals surface area contributed by atoms with E-state index in [1.165, 1.54) is 12.4 Å². The van der Waals surface area contributed by atoms with E-state index < -0.39 is 0 Å². The Morgan fingerprint density at radius 1 is 1.05 bits per heavy atom. The summed E-state index contributed by atoms with van der Waals surface area (Å²) in [5, 5.41) is 8.92. The van der Waals surface area contributed by atoms with Crippen LogP contribution in [0.4, 0.5) is 11.6 Å². The lowest BCUT2D eigenvalue weighted by molar-refractivity contribution is 0.356. The van der Waals surface area contributed by atoms with Gasteiger partial charge in [-0.1, -0.05) is 0 Å². The largest absolute Gasteiger partial charge is 0.493 e. The third-order valence-electron chi connectivity index (χ3n) is 2.99. The van der Waals surface area contributed by atoms with Gasteiger partial charge in [0.2, 0.25) is 0 Å². The van der Waals surface area contributed by atoms with Gasteiger partial charge in [0.05, 0.1) is 19.7 Å². The van der Waals surface area contributed by atoms with Crippen molar-refractivity contribution in [2.45, 2.75) is 0 Å². The minimum Gasteiger partial charge on any atom is -0.493 e. The minimum absolute atomic E-state index is 0.227. The number of nitrogens with one attached hydrogen (secondary N) is 3. The molecule has 3 N–H and O–H groups in total. The molecule has 3 rings (SSSR count). The Labute approximate surface area is 119 Å². The number of anilines is 2. The molecule has 8 nitrogen and oxygen atoms in total. The summed E-state index contributed by atoms with van der Waals surface area (Å²) in [7, 11) is 3.12. The molecule has 0 unspecified atom stereocenters. The van der Waals surface area contributed by atoms with E-state index in [0.717, 1.165) is 5.39 Å². The topological polar surface area (TPSA) is 105 Å². The molecule has 2 heterocycles. The molecule has 0 aliphatic rings. The highest BCUT2D eigenvalue weighted by Crippen LogP contribution is 2.33. The van der Waals surface area contributed by atoms with Crippen molar-refractivity contribution < 1.29 is 9.47 Å². The van der Waals surface area contributed by atoms with Crippen LogP contribution >= 0.6 is 0 Å². The minimum atomic E-state index is -0.227. The van der Waals surface area contributed by atoms with E-state index in [1.807, 2.05) is 0 Å². The van der Waals surface area contributed by atoms with Gasteiger partial charge in [-0.3, -0.25) is 15.0 Å². The van der Waals surface area contributed by atoms with Gasteiger partial charge >= 0.3 is 0 Å². The van der Waals surface area contributed by atoms with E-state index in [0.29, 0.717) is 28.7 Å². The van der Waals surface area contributed by atoms with Crippen LogP contribution in [0.2, 0.25) is 0 Å². The quantitative estimate of drug-likeness (QED) is 0.670. The number of aromatic amines is 2. The molecule has 21 heavy (non-hydrogen) atoms. The highest BCUT2D eigenvalue weighted by Gasteiger charge is 2.11. The van der Waals surface area contributed by atoms with Crippen molar-refractivity contribution in [2.24, 2.45) is 0 Å². The summed E-state index contributed by atoms with van der Waals surface area (Å²) in [6.45, 7) is 0. The Hall–Kier alpha value is -3.03. The van der Waals surface area contributed by atoms with Crippen molar-refractivity contribution in [1.82, 2.24) is 20.2 Å². The maximum absolute atomic E-state index is 11.1. The van der Waals surface area contributed by atoms with Crippen LogP contribution in [0.15, 0.2) is 29.3 Å². The third kappa shape index (κ3) is 2.38. The zero-order valence-corrected chi connectivity index (χ0v) is 11.4. The molecule has 0 fully saturated rings. The number of hydrogen-bond donors (Lipinski definition) is 3. The molecule has 2 aromatic heterocycles. The standard InChI is InChI=1S/C13H13N5O3/c1-20-9-3-7-8(4-10(9)21-2)14-6-15-13(7)16-11-5-12(19)18-17-11/h3-6H,1-2H3,(H3,14,15,16,17,18,19). The van der Waals surface area contributed by atoms with Crippen LogP contribution in [-0.2, 0) is 0 Å². The van der Waals surface area contributed by atoms with Crippen molar-refractivity contribution in [2.75, 3.05) is 19.5 Å². The fourth-order valence-corrected chi connectivity index (χ4v) is 2.01. The van der Waals surface area contributed by atoms with E-state index in [-0.39, 0.29) is 5.56 Å². The smallest absolute Gasteiger partial charge is 0.266 e. The van der Waals surface area contributed by atoms with Crippen LogP contribution in [0.25, 0.3) is 10.9 Å². The fraction of sp³-hybridized carbons (Fsp3) is 0.154. The average Bonchev–Trinajstić information content (AvgIpc) is 2.91. The molecule has 0 spiro atoms. The predicted octanol–water partition coefficient (Wildman–Crippen LogP) is 1.41. The summed E-state index contributed by atoms with van der Waals surface area (Å²) in [5.41, 5.74) is 0.471. The first-order chi connectivity index (χ1) is 10.2. The number of H-pyrrole nitrogens is 2. The maximum Gasteiger partial charge on any atom is 0.266 e. The van der Waals surface area contributed by atoms with Crippen LogP contribution in [0.5, 0.6) is 11.5 Å². The van der Waals surface area contributed by atoms with Crippen molar-refractivity contribution in [3.05, 3.63) is 34.9 Å². The van der Waals surface area contributed by atoms with Gasteiger partial charge in [0, 0.05) is 17.5 Å². The Morgan fingerprint density at radius 2 is 1.81 bits per heavy atom. The van der Waals surface area contributed by atoms with Gasteiger partial charge < -0.3 is 14.8 Å². The summed E-state index contributed by atoms with van der Waals surface area (Å²) in [6, 6.07) is 4.94. The van der Waals surface area contributed by atoms with Crippen LogP contribution in [0.1, 0.15) is 0 Å². The lowest BCUT2D eigenvalue weighted by Gasteiger charge is -2.11. The van der Waals surface area contributed by atoms with E-state index in [9.17, 15) is 4.79 Å². The van der Waals surface area contributed by atoms with Crippen molar-refractivity contribution in [3.63, 3.8) is 0 Å². The molecule has 108 valence electrons. The van der Waals surface area contributed by atoms with Crippen LogP contribution in [0.3, 0.4) is 0 Å². The summed E-state index contributed by atoms with van der Waals surface area (Å²) < 4.78 is 10.5. The van der Waals surface area contributed by atoms with Crippen molar-refractivity contribution in [3.8, 4) is 11.5 Å². The number of benzene rings is 1. The zero-order valence-electron chi connectivity index (χ0n) is 11.4. The van der Waals surface area contributed by atoms with Crippen molar-refractivity contribution >= 4 is 22.5 Å². The van der Waals surface area contributed by atoms with Gasteiger partial charge in [-0.25, -0.2) is 9.97 Å². The Bertz CT molecular complexity index is 839. The summed E-state index contributed by atoms with van der Waals surface area (Å²) in [6.07, 6.45) is 1.43. The SMILES string of the molecule is COc1cc2ncnc(Nc3cc(=O)[nH][nH]3)c2cc1OC. The second-order valence-corrected chi connectivity index (χ2v) is 4.24. The second-order valence-electron chi connectivity index (χ2n) is 4.24. The fourth-order valence-electron chi connectivity index (χ4n) is 2.01. The zero-order chi connectivity index (χ0) is 14.8. The molecule has 8 heteroatoms. The van der Waals surface area contributed by atoms with E-state index in [1.54, 1.807) is 26.4 Å². The lowest BCUT2D eigenvalue weighted by Crippen LogP contribution is -1.98. The van der Waals surface area contributed by atoms with E-state index in [2.05, 4.69) is 25.5 Å². The Kier molecular flexibility index (Phi) is 3.19. The maximum atomic E-state index is 11.1. The lowest BCUT2D eigenvalue weighted by atomic mass is 10.2. The normalized spacial score (nSPS) is 10.6. The highest BCUT2D eigenvalue weighted by atomic mass is 16.5. The first-order valence-corrected chi connectivity index (χ1v) is 6.12. The molecule has 0 aliphatic heterocycles. The molecule has 3 aromatic rings. The van der Waals surface area contributed by atoms with Gasteiger partial charge in [0.15, 0.2) is 11.5 Å². The monoisotopic (exact) mass is 287 g/mol. The predicted molar refractivity (Wildman–Crippen MR) is 77.3 cm³/mol. The number of ether oxygens (including phenoxy) is 2. The number of methoxy groups -OCH3 is 2. The molecule has 0 aliphatic carbocycles. The molecule has 0 radical (unpaired) electrons. The van der Waals surface area contributed by atoms with E-state index in [4.69, 9.17) is 9.47 Å². The van der Waals surface area contributed by atoms with Crippen LogP contribution in [-0.4, -0.2) is 34.4 Å². The number of hydrogen-bond acceptors (Lipinski definition) is 6. The number of rotatable bonds is 4. The molecule has 0 bridgehead atoms. The van der Waals surface area contributed by atoms with E-state index >= 15 is 0 Å². The molecule has 0 atom stereocenters. The second kappa shape index (κ2) is 5.16. The van der Waals surface area contributed by atoms with Gasteiger partial charge in [-0.15, -0.1) is 0 Å². The summed E-state index contributed by atoms with van der Waals surface area (Å²) >= 11 is 0. The molecular weight excluding hydrogens is 274 g/mol. The summed E-state index contributed by atoms with van der Waals surface area (Å²) in [4.78, 5) is 19.5. The number of fused-ring (bicyclic) bond motifs is 1. The summed E-state index contributed by atoms with van der Waals surface area (Å²) in [5.74, 6) is 2.22. The highest BCUT2D eigenvalue weighted by molar-refractivity contribution is 5.92. The Balaban J connectivity index is 2.12. The Morgan fingerprint density at radius 3 is 2.48 bits per heavy atom. The molecular formula is C13H13N5O3. The molecule has 0 saturated heterocycles.